The van der Waals surface area contributed by atoms with E-state index in [1.807, 2.05) is 13.8 Å². The molecule has 0 radical (unpaired) electrons. The van der Waals surface area contributed by atoms with Gasteiger partial charge < -0.3 is 10.6 Å². The lowest BCUT2D eigenvalue weighted by atomic mass is 10.1. The van der Waals surface area contributed by atoms with Gasteiger partial charge in [-0.3, -0.25) is 14.2 Å². The van der Waals surface area contributed by atoms with Gasteiger partial charge in [0, 0.05) is 23.2 Å². The normalized spacial score (nSPS) is 18.7. The molecule has 2 heterocycles. The topological polar surface area (TPSA) is 63.1 Å². The number of carbonyl (C=O) groups excluding carboxylic acids is 1. The van der Waals surface area contributed by atoms with E-state index in [-0.39, 0.29) is 35.8 Å². The third kappa shape index (κ3) is 4.06. The highest BCUT2D eigenvalue weighted by atomic mass is 35.5. The summed E-state index contributed by atoms with van der Waals surface area (Å²) in [5.41, 5.74) is 0.891. The highest BCUT2D eigenvalue weighted by Gasteiger charge is 2.17. The van der Waals surface area contributed by atoms with Crippen LogP contribution in [0.5, 0.6) is 0 Å². The smallest absolute Gasteiger partial charge is 0.308 e. The Morgan fingerprint density at radius 1 is 1.53 bits per heavy atom. The largest absolute Gasteiger partial charge is 0.351 e. The molecule has 5 nitrogen and oxygen atoms in total. The average molecular weight is 306 g/mol. The molecule has 1 aromatic heterocycles. The molecule has 2 N–H and O–H groups in total. The first-order valence-corrected chi connectivity index (χ1v) is 7.06. The fraction of sp³-hybridized carbons (Fsp3) is 0.667. The Balaban J connectivity index is 0.00000180. The van der Waals surface area contributed by atoms with Crippen LogP contribution in [0.25, 0.3) is 0 Å². The summed E-state index contributed by atoms with van der Waals surface area (Å²) >= 11 is 1.20. The Hall–Kier alpha value is -0.850. The third-order valence-electron chi connectivity index (χ3n) is 3.34. The Morgan fingerprint density at radius 3 is 2.79 bits per heavy atom. The van der Waals surface area contributed by atoms with Crippen molar-refractivity contribution in [3.05, 3.63) is 20.2 Å². The van der Waals surface area contributed by atoms with Gasteiger partial charge in [-0.05, 0) is 33.2 Å². The molecule has 108 valence electrons. The van der Waals surface area contributed by atoms with E-state index in [0.717, 1.165) is 36.5 Å². The number of aryl methyl sites for hydroxylation is 1. The minimum atomic E-state index is -0.0771. The van der Waals surface area contributed by atoms with Crippen LogP contribution in [0.3, 0.4) is 0 Å². The summed E-state index contributed by atoms with van der Waals surface area (Å²) in [4.78, 5) is 24.5. The molecule has 0 aliphatic carbocycles. The minimum Gasteiger partial charge on any atom is -0.351 e. The fourth-order valence-corrected chi connectivity index (χ4v) is 2.99. The second kappa shape index (κ2) is 7.07. The Labute approximate surface area is 122 Å². The van der Waals surface area contributed by atoms with Crippen molar-refractivity contribution in [1.29, 1.82) is 0 Å². The number of halogens is 1. The van der Waals surface area contributed by atoms with Gasteiger partial charge in [-0.1, -0.05) is 11.3 Å². The zero-order valence-corrected chi connectivity index (χ0v) is 12.8. The van der Waals surface area contributed by atoms with E-state index in [4.69, 9.17) is 0 Å². The number of piperidine rings is 1. The summed E-state index contributed by atoms with van der Waals surface area (Å²) in [5, 5.41) is 6.22. The summed E-state index contributed by atoms with van der Waals surface area (Å²) in [7, 11) is 0. The van der Waals surface area contributed by atoms with Gasteiger partial charge >= 0.3 is 4.87 Å². The number of hydrogen-bond acceptors (Lipinski definition) is 4. The molecule has 0 saturated carbocycles. The van der Waals surface area contributed by atoms with Crippen molar-refractivity contribution in [2.75, 3.05) is 13.1 Å². The minimum absolute atomic E-state index is 0. The van der Waals surface area contributed by atoms with Gasteiger partial charge in [0.2, 0.25) is 5.91 Å². The van der Waals surface area contributed by atoms with Crippen LogP contribution >= 0.6 is 23.7 Å². The molecule has 1 aromatic rings. The Morgan fingerprint density at radius 2 is 2.26 bits per heavy atom. The number of aromatic nitrogens is 1. The SMILES string of the molecule is Cc1sc(=O)n(CC(=O)NC2CCCNC2)c1C.Cl. The second-order valence-electron chi connectivity index (χ2n) is 4.71. The van der Waals surface area contributed by atoms with Gasteiger partial charge in [-0.15, -0.1) is 12.4 Å². The van der Waals surface area contributed by atoms with Crippen molar-refractivity contribution >= 4 is 29.7 Å². The van der Waals surface area contributed by atoms with E-state index in [2.05, 4.69) is 10.6 Å². The van der Waals surface area contributed by atoms with E-state index in [1.54, 1.807) is 4.57 Å². The van der Waals surface area contributed by atoms with Crippen molar-refractivity contribution < 1.29 is 4.79 Å². The molecule has 1 unspecified atom stereocenters. The molecule has 1 amide bonds. The summed E-state index contributed by atoms with van der Waals surface area (Å²) in [6.45, 7) is 5.76. The molecule has 19 heavy (non-hydrogen) atoms. The molecule has 0 aromatic carbocycles. The van der Waals surface area contributed by atoms with Crippen molar-refractivity contribution in [1.82, 2.24) is 15.2 Å². The second-order valence-corrected chi connectivity index (χ2v) is 5.87. The molecule has 0 bridgehead atoms. The van der Waals surface area contributed by atoms with Crippen molar-refractivity contribution in [2.45, 2.75) is 39.3 Å². The first-order chi connectivity index (χ1) is 8.58. The lowest BCUT2D eigenvalue weighted by Crippen LogP contribution is -2.47. The molecule has 1 aliphatic rings. The predicted octanol–water partition coefficient (Wildman–Crippen LogP) is 0.817. The van der Waals surface area contributed by atoms with Gasteiger partial charge in [-0.2, -0.15) is 0 Å². The maximum Gasteiger partial charge on any atom is 0.308 e. The monoisotopic (exact) mass is 305 g/mol. The van der Waals surface area contributed by atoms with Crippen molar-refractivity contribution in [3.63, 3.8) is 0 Å². The molecule has 7 heteroatoms. The van der Waals surface area contributed by atoms with Crippen LogP contribution in [-0.4, -0.2) is 29.6 Å². The lowest BCUT2D eigenvalue weighted by Gasteiger charge is -2.23. The number of rotatable bonds is 3. The van der Waals surface area contributed by atoms with Gasteiger partial charge in [-0.25, -0.2) is 0 Å². The maximum absolute atomic E-state index is 11.9. The quantitative estimate of drug-likeness (QED) is 0.869. The van der Waals surface area contributed by atoms with Gasteiger partial charge in [0.1, 0.15) is 6.54 Å². The fourth-order valence-electron chi connectivity index (χ4n) is 2.16. The van der Waals surface area contributed by atoms with Gasteiger partial charge in [0.05, 0.1) is 0 Å². The Bertz CT molecular complexity index is 492. The lowest BCUT2D eigenvalue weighted by molar-refractivity contribution is -0.122. The summed E-state index contributed by atoms with van der Waals surface area (Å²) < 4.78 is 1.55. The van der Waals surface area contributed by atoms with Gasteiger partial charge in [0.15, 0.2) is 0 Å². The van der Waals surface area contributed by atoms with E-state index < -0.39 is 0 Å². The number of nitrogens with one attached hydrogen (secondary N) is 2. The molecular weight excluding hydrogens is 286 g/mol. The highest BCUT2D eigenvalue weighted by molar-refractivity contribution is 7.09. The highest BCUT2D eigenvalue weighted by Crippen LogP contribution is 2.09. The predicted molar refractivity (Wildman–Crippen MR) is 79.3 cm³/mol. The molecular formula is C12H20ClN3O2S. The van der Waals surface area contributed by atoms with Crippen molar-refractivity contribution in [2.24, 2.45) is 0 Å². The molecule has 1 fully saturated rings. The molecule has 1 atom stereocenters. The van der Waals surface area contributed by atoms with Crippen LogP contribution in [0, 0.1) is 13.8 Å². The number of carbonyl (C=O) groups is 1. The molecule has 1 aliphatic heterocycles. The van der Waals surface area contributed by atoms with Gasteiger partial charge in [0.25, 0.3) is 0 Å². The zero-order valence-electron chi connectivity index (χ0n) is 11.2. The van der Waals surface area contributed by atoms with Crippen LogP contribution in [-0.2, 0) is 11.3 Å². The summed E-state index contributed by atoms with van der Waals surface area (Å²) in [6.07, 6.45) is 2.09. The van der Waals surface area contributed by atoms with Crippen molar-refractivity contribution in [3.8, 4) is 0 Å². The van der Waals surface area contributed by atoms with E-state index in [0.29, 0.717) is 0 Å². The van der Waals surface area contributed by atoms with E-state index in [1.165, 1.54) is 11.3 Å². The number of hydrogen-bond donors (Lipinski definition) is 2. The first kappa shape index (κ1) is 16.2. The summed E-state index contributed by atoms with van der Waals surface area (Å²) in [5.74, 6) is -0.0771. The average Bonchev–Trinajstić information content (AvgIpc) is 2.57. The number of thiazole rings is 1. The first-order valence-electron chi connectivity index (χ1n) is 6.25. The molecule has 2 rings (SSSR count). The van der Waals surface area contributed by atoms with Crippen LogP contribution in [0.4, 0.5) is 0 Å². The van der Waals surface area contributed by atoms with E-state index >= 15 is 0 Å². The standard InChI is InChI=1S/C12H19N3O2S.ClH/c1-8-9(2)18-12(17)15(8)7-11(16)14-10-4-3-5-13-6-10;/h10,13H,3-7H2,1-2H3,(H,14,16);1H. The van der Waals surface area contributed by atoms with Crippen LogP contribution in [0.15, 0.2) is 4.79 Å². The van der Waals surface area contributed by atoms with Crippen LogP contribution in [0.1, 0.15) is 23.4 Å². The number of nitrogens with zero attached hydrogens (tertiary/aromatic N) is 1. The molecule has 0 spiro atoms. The molecule has 1 saturated heterocycles. The third-order valence-corrected chi connectivity index (χ3v) is 4.34. The van der Waals surface area contributed by atoms with Crippen LogP contribution in [0.2, 0.25) is 0 Å². The van der Waals surface area contributed by atoms with E-state index in [9.17, 15) is 9.59 Å². The Kier molecular flexibility index (Phi) is 6.03. The number of amides is 1. The van der Waals surface area contributed by atoms with Crippen LogP contribution < -0.4 is 15.5 Å². The maximum atomic E-state index is 11.9. The zero-order chi connectivity index (χ0) is 13.1. The summed E-state index contributed by atoms with van der Waals surface area (Å²) in [6, 6.07) is 0.196.